The Morgan fingerprint density at radius 3 is 2.31 bits per heavy atom. The minimum Gasteiger partial charge on any atom is -0.508 e. The SMILES string of the molecule is Oc1cccc(C2C[C@H]3CC[C@@H](C2)N3CCNCc2ccc(C(F)(F)F)cc2)c1. The number of phenolic OH excluding ortho intramolecular Hbond substituents is 1. The maximum atomic E-state index is 12.6. The van der Waals surface area contributed by atoms with E-state index in [9.17, 15) is 18.3 Å². The molecule has 29 heavy (non-hydrogen) atoms. The van der Waals surface area contributed by atoms with Crippen LogP contribution in [0.25, 0.3) is 0 Å². The van der Waals surface area contributed by atoms with Gasteiger partial charge in [-0.15, -0.1) is 0 Å². The molecule has 2 bridgehead atoms. The second-order valence-electron chi connectivity index (χ2n) is 8.26. The second-order valence-corrected chi connectivity index (χ2v) is 8.26. The summed E-state index contributed by atoms with van der Waals surface area (Å²) in [6.07, 6.45) is 0.408. The lowest BCUT2D eigenvalue weighted by Crippen LogP contribution is -2.45. The number of nitrogens with zero attached hydrogens (tertiary/aromatic N) is 1. The van der Waals surface area contributed by atoms with E-state index in [-0.39, 0.29) is 0 Å². The largest absolute Gasteiger partial charge is 0.508 e. The topological polar surface area (TPSA) is 35.5 Å². The average molecular weight is 404 g/mol. The van der Waals surface area contributed by atoms with Gasteiger partial charge in [-0.2, -0.15) is 13.2 Å². The number of phenols is 1. The van der Waals surface area contributed by atoms with Gasteiger partial charge in [0, 0.05) is 31.7 Å². The second kappa shape index (κ2) is 8.36. The zero-order valence-corrected chi connectivity index (χ0v) is 16.3. The standard InChI is InChI=1S/C23H27F3N2O/c24-23(25,26)19-6-4-16(5-7-19)15-27-10-11-28-20-8-9-21(28)13-18(12-20)17-2-1-3-22(29)14-17/h1-7,14,18,20-21,27,29H,8-13,15H2/t18?,20-,21+. The molecule has 2 aliphatic heterocycles. The zero-order valence-electron chi connectivity index (χ0n) is 16.3. The van der Waals surface area contributed by atoms with Gasteiger partial charge >= 0.3 is 6.18 Å². The molecule has 2 heterocycles. The van der Waals surface area contributed by atoms with E-state index in [0.717, 1.165) is 43.6 Å². The number of fused-ring (bicyclic) bond motifs is 2. The van der Waals surface area contributed by atoms with Crippen molar-refractivity contribution in [2.24, 2.45) is 0 Å². The molecule has 0 aliphatic carbocycles. The number of rotatable bonds is 6. The van der Waals surface area contributed by atoms with Crippen LogP contribution in [0, 0.1) is 0 Å². The van der Waals surface area contributed by atoms with Gasteiger partial charge in [0.1, 0.15) is 5.75 Å². The first-order valence-corrected chi connectivity index (χ1v) is 10.3. The van der Waals surface area contributed by atoms with E-state index in [1.807, 2.05) is 12.1 Å². The molecule has 2 fully saturated rings. The average Bonchev–Trinajstić information content (AvgIpc) is 2.92. The Balaban J connectivity index is 1.25. The number of halogens is 3. The van der Waals surface area contributed by atoms with Crippen LogP contribution in [-0.4, -0.2) is 35.2 Å². The lowest BCUT2D eigenvalue weighted by atomic mass is 9.85. The van der Waals surface area contributed by atoms with Crippen molar-refractivity contribution in [3.63, 3.8) is 0 Å². The first-order valence-electron chi connectivity index (χ1n) is 10.3. The highest BCUT2D eigenvalue weighted by Crippen LogP contribution is 2.43. The van der Waals surface area contributed by atoms with Crippen molar-refractivity contribution in [1.29, 1.82) is 0 Å². The van der Waals surface area contributed by atoms with Crippen LogP contribution in [0.15, 0.2) is 48.5 Å². The Labute approximate surface area is 169 Å². The molecule has 1 unspecified atom stereocenters. The van der Waals surface area contributed by atoms with Gasteiger partial charge in [-0.25, -0.2) is 0 Å². The fourth-order valence-electron chi connectivity index (χ4n) is 4.94. The van der Waals surface area contributed by atoms with E-state index in [1.54, 1.807) is 18.2 Å². The molecule has 3 atom stereocenters. The normalized spacial score (nSPS) is 24.7. The summed E-state index contributed by atoms with van der Waals surface area (Å²) < 4.78 is 37.9. The number of alkyl halides is 3. The number of hydrogen-bond donors (Lipinski definition) is 2. The lowest BCUT2D eigenvalue weighted by molar-refractivity contribution is -0.137. The third-order valence-electron chi connectivity index (χ3n) is 6.38. The van der Waals surface area contributed by atoms with Crippen molar-refractivity contribution in [3.05, 3.63) is 65.2 Å². The van der Waals surface area contributed by atoms with Gasteiger partial charge in [0.15, 0.2) is 0 Å². The number of aromatic hydroxyl groups is 1. The summed E-state index contributed by atoms with van der Waals surface area (Å²) in [6, 6.07) is 14.2. The molecule has 156 valence electrons. The minimum atomic E-state index is -4.28. The molecule has 2 N–H and O–H groups in total. The van der Waals surface area contributed by atoms with Crippen LogP contribution in [0.1, 0.15) is 48.3 Å². The quantitative estimate of drug-likeness (QED) is 0.672. The maximum Gasteiger partial charge on any atom is 0.416 e. The fourth-order valence-corrected chi connectivity index (χ4v) is 4.94. The molecule has 0 saturated carbocycles. The molecule has 2 aromatic carbocycles. The van der Waals surface area contributed by atoms with Crippen LogP contribution in [0.2, 0.25) is 0 Å². The number of nitrogens with one attached hydrogen (secondary N) is 1. The van der Waals surface area contributed by atoms with Gasteiger partial charge < -0.3 is 10.4 Å². The van der Waals surface area contributed by atoms with Gasteiger partial charge in [0.2, 0.25) is 0 Å². The summed E-state index contributed by atoms with van der Waals surface area (Å²) in [5.41, 5.74) is 1.50. The van der Waals surface area contributed by atoms with Crippen LogP contribution in [0.5, 0.6) is 5.75 Å². The predicted octanol–water partition coefficient (Wildman–Crippen LogP) is 4.91. The number of benzene rings is 2. The van der Waals surface area contributed by atoms with E-state index in [4.69, 9.17) is 0 Å². The highest BCUT2D eigenvalue weighted by atomic mass is 19.4. The van der Waals surface area contributed by atoms with Crippen molar-refractivity contribution >= 4 is 0 Å². The molecule has 2 aromatic rings. The predicted molar refractivity (Wildman–Crippen MR) is 107 cm³/mol. The number of hydrogen-bond acceptors (Lipinski definition) is 3. The Bertz CT molecular complexity index is 808. The van der Waals surface area contributed by atoms with Crippen LogP contribution in [0.4, 0.5) is 13.2 Å². The van der Waals surface area contributed by atoms with E-state index < -0.39 is 11.7 Å². The van der Waals surface area contributed by atoms with E-state index in [1.165, 1.54) is 18.4 Å². The van der Waals surface area contributed by atoms with Gasteiger partial charge in [-0.3, -0.25) is 4.90 Å². The highest BCUT2D eigenvalue weighted by molar-refractivity contribution is 5.30. The summed E-state index contributed by atoms with van der Waals surface area (Å²) in [7, 11) is 0. The first kappa shape index (κ1) is 20.2. The summed E-state index contributed by atoms with van der Waals surface area (Å²) >= 11 is 0. The summed E-state index contributed by atoms with van der Waals surface area (Å²) in [5.74, 6) is 0.848. The fraction of sp³-hybridized carbons (Fsp3) is 0.478. The van der Waals surface area contributed by atoms with Crippen molar-refractivity contribution in [3.8, 4) is 5.75 Å². The third-order valence-corrected chi connectivity index (χ3v) is 6.38. The molecule has 0 spiro atoms. The molecular weight excluding hydrogens is 377 g/mol. The van der Waals surface area contributed by atoms with Crippen LogP contribution >= 0.6 is 0 Å². The molecule has 0 aromatic heterocycles. The monoisotopic (exact) mass is 404 g/mol. The van der Waals surface area contributed by atoms with E-state index in [2.05, 4.69) is 16.3 Å². The van der Waals surface area contributed by atoms with Gasteiger partial charge in [0.05, 0.1) is 5.56 Å². The van der Waals surface area contributed by atoms with Crippen molar-refractivity contribution < 1.29 is 18.3 Å². The zero-order chi connectivity index (χ0) is 20.4. The van der Waals surface area contributed by atoms with Gasteiger partial charge in [-0.1, -0.05) is 24.3 Å². The highest BCUT2D eigenvalue weighted by Gasteiger charge is 2.40. The summed E-state index contributed by atoms with van der Waals surface area (Å²) in [6.45, 7) is 2.36. The third kappa shape index (κ3) is 4.75. The molecule has 4 rings (SSSR count). The molecule has 2 aliphatic rings. The molecule has 3 nitrogen and oxygen atoms in total. The van der Waals surface area contributed by atoms with Crippen LogP contribution in [0.3, 0.4) is 0 Å². The van der Waals surface area contributed by atoms with Gasteiger partial charge in [0.25, 0.3) is 0 Å². The summed E-state index contributed by atoms with van der Waals surface area (Å²) in [5, 5.41) is 13.1. The first-order chi connectivity index (χ1) is 13.9. The lowest BCUT2D eigenvalue weighted by Gasteiger charge is -2.39. The molecule has 0 amide bonds. The van der Waals surface area contributed by atoms with Gasteiger partial charge in [-0.05, 0) is 67.0 Å². The maximum absolute atomic E-state index is 12.6. The van der Waals surface area contributed by atoms with Crippen molar-refractivity contribution in [1.82, 2.24) is 10.2 Å². The molecule has 6 heteroatoms. The summed E-state index contributed by atoms with van der Waals surface area (Å²) in [4.78, 5) is 2.60. The number of piperidine rings is 1. The Kier molecular flexibility index (Phi) is 5.83. The van der Waals surface area contributed by atoms with E-state index in [0.29, 0.717) is 30.3 Å². The Morgan fingerprint density at radius 2 is 1.69 bits per heavy atom. The van der Waals surface area contributed by atoms with Crippen molar-refractivity contribution in [2.75, 3.05) is 13.1 Å². The van der Waals surface area contributed by atoms with E-state index >= 15 is 0 Å². The van der Waals surface area contributed by atoms with Crippen molar-refractivity contribution in [2.45, 2.75) is 56.4 Å². The minimum absolute atomic E-state index is 0.338. The smallest absolute Gasteiger partial charge is 0.416 e. The Hall–Kier alpha value is -2.05. The van der Waals surface area contributed by atoms with Crippen LogP contribution < -0.4 is 5.32 Å². The molecular formula is C23H27F3N2O. The molecule has 0 radical (unpaired) electrons. The molecule has 2 saturated heterocycles. The van der Waals surface area contributed by atoms with Crippen LogP contribution in [-0.2, 0) is 12.7 Å². The Morgan fingerprint density at radius 1 is 1.00 bits per heavy atom.